The fourth-order valence-electron chi connectivity index (χ4n) is 1.82. The first-order valence-corrected chi connectivity index (χ1v) is 7.00. The molecule has 2 nitrogen and oxygen atoms in total. The van der Waals surface area contributed by atoms with Crippen molar-refractivity contribution in [2.45, 2.75) is 11.0 Å². The number of rotatable bonds is 5. The van der Waals surface area contributed by atoms with Crippen molar-refractivity contribution in [2.75, 3.05) is 12.9 Å². The maximum atomic E-state index is 13.5. The molecule has 1 atom stereocenters. The van der Waals surface area contributed by atoms with Crippen molar-refractivity contribution in [3.05, 3.63) is 59.7 Å². The Kier molecular flexibility index (Phi) is 4.98. The molecule has 5 heteroatoms. The summed E-state index contributed by atoms with van der Waals surface area (Å²) < 4.78 is 32.3. The molecular formula is C15H14F2O2S. The molecule has 20 heavy (non-hydrogen) atoms. The van der Waals surface area contributed by atoms with Gasteiger partial charge in [0, 0.05) is 10.6 Å². The van der Waals surface area contributed by atoms with E-state index in [9.17, 15) is 13.9 Å². The topological polar surface area (TPSA) is 29.5 Å². The molecule has 0 aliphatic heterocycles. The lowest BCUT2D eigenvalue weighted by Crippen LogP contribution is -2.06. The largest absolute Gasteiger partial charge is 0.496 e. The number of hydrogen-bond donors (Lipinski definition) is 1. The summed E-state index contributed by atoms with van der Waals surface area (Å²) in [7, 11) is 1.55. The van der Waals surface area contributed by atoms with E-state index in [0.717, 1.165) is 17.0 Å². The first kappa shape index (κ1) is 14.8. The minimum Gasteiger partial charge on any atom is -0.496 e. The molecular weight excluding hydrogens is 282 g/mol. The highest BCUT2D eigenvalue weighted by Gasteiger charge is 2.18. The normalized spacial score (nSPS) is 12.2. The molecule has 2 aromatic rings. The smallest absolute Gasteiger partial charge is 0.132 e. The number of thioether (sulfide) groups is 1. The predicted octanol–water partition coefficient (Wildman–Crippen LogP) is 3.80. The highest BCUT2D eigenvalue weighted by atomic mass is 32.2. The van der Waals surface area contributed by atoms with Crippen LogP contribution in [0.15, 0.2) is 47.4 Å². The molecule has 0 spiro atoms. The summed E-state index contributed by atoms with van der Waals surface area (Å²) in [6.07, 6.45) is -1.22. The van der Waals surface area contributed by atoms with Gasteiger partial charge >= 0.3 is 0 Å². The Morgan fingerprint density at radius 1 is 1.10 bits per heavy atom. The summed E-state index contributed by atoms with van der Waals surface area (Å²) in [6.45, 7) is 0. The van der Waals surface area contributed by atoms with Gasteiger partial charge in [-0.25, -0.2) is 8.78 Å². The third-order valence-corrected chi connectivity index (χ3v) is 3.93. The monoisotopic (exact) mass is 296 g/mol. The van der Waals surface area contributed by atoms with Crippen molar-refractivity contribution in [1.82, 2.24) is 0 Å². The van der Waals surface area contributed by atoms with E-state index in [1.54, 1.807) is 13.2 Å². The fraction of sp³-hybridized carbons (Fsp3) is 0.200. The Labute approximate surface area is 120 Å². The number of benzene rings is 2. The number of para-hydroxylation sites is 1. The lowest BCUT2D eigenvalue weighted by atomic mass is 10.1. The van der Waals surface area contributed by atoms with Gasteiger partial charge in [0.15, 0.2) is 0 Å². The fourth-order valence-corrected chi connectivity index (χ4v) is 2.79. The van der Waals surface area contributed by atoms with Gasteiger partial charge in [0.05, 0.1) is 18.8 Å². The molecule has 1 unspecified atom stereocenters. The molecule has 0 saturated carbocycles. The molecule has 0 heterocycles. The average Bonchev–Trinajstić information content (AvgIpc) is 2.45. The SMILES string of the molecule is COc1ccccc1SCC(O)c1c(F)cccc1F. The van der Waals surface area contributed by atoms with E-state index in [4.69, 9.17) is 4.74 Å². The van der Waals surface area contributed by atoms with E-state index in [1.807, 2.05) is 18.2 Å². The number of halogens is 2. The van der Waals surface area contributed by atoms with Gasteiger partial charge in [0.25, 0.3) is 0 Å². The van der Waals surface area contributed by atoms with Gasteiger partial charge in [-0.1, -0.05) is 18.2 Å². The first-order valence-electron chi connectivity index (χ1n) is 6.01. The van der Waals surface area contributed by atoms with Crippen LogP contribution in [0, 0.1) is 11.6 Å². The third kappa shape index (κ3) is 3.29. The molecule has 0 bridgehead atoms. The van der Waals surface area contributed by atoms with Crippen LogP contribution in [-0.2, 0) is 0 Å². The van der Waals surface area contributed by atoms with Gasteiger partial charge in [-0.15, -0.1) is 11.8 Å². The number of aliphatic hydroxyl groups excluding tert-OH is 1. The minimum atomic E-state index is -1.22. The third-order valence-electron chi connectivity index (χ3n) is 2.80. The molecule has 0 saturated heterocycles. The molecule has 1 N–H and O–H groups in total. The van der Waals surface area contributed by atoms with Gasteiger partial charge < -0.3 is 9.84 Å². The van der Waals surface area contributed by atoms with Gasteiger partial charge in [-0.3, -0.25) is 0 Å². The highest BCUT2D eigenvalue weighted by Crippen LogP contribution is 2.32. The molecule has 2 rings (SSSR count). The summed E-state index contributed by atoms with van der Waals surface area (Å²) in [5.41, 5.74) is -0.296. The zero-order valence-corrected chi connectivity index (χ0v) is 11.7. The second-order valence-electron chi connectivity index (χ2n) is 4.11. The van der Waals surface area contributed by atoms with Crippen LogP contribution in [0.1, 0.15) is 11.7 Å². The predicted molar refractivity (Wildman–Crippen MR) is 75.0 cm³/mol. The lowest BCUT2D eigenvalue weighted by molar-refractivity contribution is 0.193. The van der Waals surface area contributed by atoms with Gasteiger partial charge in [-0.05, 0) is 24.3 Å². The number of ether oxygens (including phenoxy) is 1. The number of hydrogen-bond acceptors (Lipinski definition) is 3. The summed E-state index contributed by atoms with van der Waals surface area (Å²) in [4.78, 5) is 0.811. The molecule has 2 aromatic carbocycles. The average molecular weight is 296 g/mol. The summed E-state index contributed by atoms with van der Waals surface area (Å²) in [6, 6.07) is 10.8. The quantitative estimate of drug-likeness (QED) is 0.851. The number of methoxy groups -OCH3 is 1. The van der Waals surface area contributed by atoms with Crippen LogP contribution in [-0.4, -0.2) is 18.0 Å². The Bertz CT molecular complexity index is 570. The lowest BCUT2D eigenvalue weighted by Gasteiger charge is -2.13. The molecule has 0 fully saturated rings. The van der Waals surface area contributed by atoms with Crippen LogP contribution < -0.4 is 4.74 Å². The zero-order chi connectivity index (χ0) is 14.5. The Morgan fingerprint density at radius 2 is 1.75 bits per heavy atom. The summed E-state index contributed by atoms with van der Waals surface area (Å²) >= 11 is 1.28. The van der Waals surface area contributed by atoms with E-state index in [1.165, 1.54) is 17.8 Å². The van der Waals surface area contributed by atoms with Crippen LogP contribution in [0.25, 0.3) is 0 Å². The molecule has 0 radical (unpaired) electrons. The molecule has 0 aliphatic rings. The van der Waals surface area contributed by atoms with Crippen molar-refractivity contribution in [1.29, 1.82) is 0 Å². The molecule has 0 aliphatic carbocycles. The van der Waals surface area contributed by atoms with Crippen LogP contribution >= 0.6 is 11.8 Å². The highest BCUT2D eigenvalue weighted by molar-refractivity contribution is 7.99. The van der Waals surface area contributed by atoms with Crippen molar-refractivity contribution >= 4 is 11.8 Å². The Balaban J connectivity index is 2.11. The molecule has 0 aromatic heterocycles. The van der Waals surface area contributed by atoms with Crippen LogP contribution in [0.4, 0.5) is 8.78 Å². The maximum absolute atomic E-state index is 13.5. The van der Waals surface area contributed by atoms with Gasteiger partial charge in [0.2, 0.25) is 0 Å². The minimum absolute atomic E-state index is 0.137. The summed E-state index contributed by atoms with van der Waals surface area (Å²) in [5, 5.41) is 9.97. The Morgan fingerprint density at radius 3 is 2.40 bits per heavy atom. The summed E-state index contributed by atoms with van der Waals surface area (Å²) in [5.74, 6) is -0.673. The van der Waals surface area contributed by atoms with Gasteiger partial charge in [0.1, 0.15) is 17.4 Å². The Hall–Kier alpha value is -1.59. The van der Waals surface area contributed by atoms with Crippen LogP contribution in [0.3, 0.4) is 0 Å². The first-order chi connectivity index (χ1) is 9.63. The van der Waals surface area contributed by atoms with E-state index in [0.29, 0.717) is 5.75 Å². The maximum Gasteiger partial charge on any atom is 0.132 e. The van der Waals surface area contributed by atoms with Crippen molar-refractivity contribution in [2.24, 2.45) is 0 Å². The standard InChI is InChI=1S/C15H14F2O2S/c1-19-13-7-2-3-8-14(13)20-9-12(18)15-10(16)5-4-6-11(15)17/h2-8,12,18H,9H2,1H3. The number of aliphatic hydroxyl groups is 1. The molecule has 0 amide bonds. The van der Waals surface area contributed by atoms with E-state index >= 15 is 0 Å². The van der Waals surface area contributed by atoms with Gasteiger partial charge in [-0.2, -0.15) is 0 Å². The van der Waals surface area contributed by atoms with Crippen molar-refractivity contribution < 1.29 is 18.6 Å². The van der Waals surface area contributed by atoms with Crippen molar-refractivity contribution in [3.8, 4) is 5.75 Å². The van der Waals surface area contributed by atoms with Crippen molar-refractivity contribution in [3.63, 3.8) is 0 Å². The van der Waals surface area contributed by atoms with Crippen LogP contribution in [0.2, 0.25) is 0 Å². The second kappa shape index (κ2) is 6.72. The van der Waals surface area contributed by atoms with E-state index in [2.05, 4.69) is 0 Å². The zero-order valence-electron chi connectivity index (χ0n) is 10.8. The van der Waals surface area contributed by atoms with E-state index in [-0.39, 0.29) is 11.3 Å². The molecule has 106 valence electrons. The van der Waals surface area contributed by atoms with E-state index < -0.39 is 17.7 Å². The van der Waals surface area contributed by atoms with Crippen LogP contribution in [0.5, 0.6) is 5.75 Å². The second-order valence-corrected chi connectivity index (χ2v) is 5.17.